The first-order chi connectivity index (χ1) is 6.22. The molecule has 0 fully saturated rings. The van der Waals surface area contributed by atoms with Gasteiger partial charge in [-0.15, -0.1) is 0 Å². The molecule has 0 radical (unpaired) electrons. The third kappa shape index (κ3) is 4.00. The zero-order valence-electron chi connectivity index (χ0n) is 8.54. The number of nitrogens with one attached hydrogen (secondary N) is 1. The second-order valence-corrected chi connectivity index (χ2v) is 4.65. The van der Waals surface area contributed by atoms with Crippen LogP contribution in [0.4, 0.5) is 0 Å². The highest BCUT2D eigenvalue weighted by atomic mass is 32.2. The van der Waals surface area contributed by atoms with Crippen LogP contribution in [0.3, 0.4) is 0 Å². The van der Waals surface area contributed by atoms with Crippen molar-refractivity contribution >= 4 is 16.9 Å². The molecule has 0 saturated heterocycles. The molecule has 0 spiro atoms. The lowest BCUT2D eigenvalue weighted by molar-refractivity contribution is 0.0796. The molecule has 1 aliphatic heterocycles. The molecule has 1 rings (SSSR count). The normalized spacial score (nSPS) is 24.2. The van der Waals surface area contributed by atoms with Crippen molar-refractivity contribution in [1.29, 1.82) is 0 Å². The van der Waals surface area contributed by atoms with Crippen LogP contribution in [0.5, 0.6) is 0 Å². The van der Waals surface area contributed by atoms with Gasteiger partial charge in [-0.1, -0.05) is 18.7 Å². The van der Waals surface area contributed by atoms with Gasteiger partial charge in [0, 0.05) is 18.4 Å². The van der Waals surface area contributed by atoms with Crippen LogP contribution >= 0.6 is 11.8 Å². The molecule has 0 aromatic carbocycles. The standard InChI is InChI=1S/C9H18N2OS/c1-4-12-7(2)5-10-9-11-6-8(3)13-9/h7-8H,4-6H2,1-3H3,(H,10,11). The average molecular weight is 202 g/mol. The molecule has 0 bridgehead atoms. The summed E-state index contributed by atoms with van der Waals surface area (Å²) in [6, 6.07) is 0. The van der Waals surface area contributed by atoms with Gasteiger partial charge in [0.2, 0.25) is 0 Å². The zero-order chi connectivity index (χ0) is 9.68. The molecule has 2 unspecified atom stereocenters. The summed E-state index contributed by atoms with van der Waals surface area (Å²) in [6.07, 6.45) is 0.268. The molecule has 0 aliphatic carbocycles. The van der Waals surface area contributed by atoms with Gasteiger partial charge < -0.3 is 10.1 Å². The van der Waals surface area contributed by atoms with Crippen molar-refractivity contribution in [2.24, 2.45) is 4.99 Å². The van der Waals surface area contributed by atoms with Crippen LogP contribution in [-0.4, -0.2) is 36.2 Å². The Bertz CT molecular complexity index is 184. The van der Waals surface area contributed by atoms with Crippen molar-refractivity contribution in [1.82, 2.24) is 5.32 Å². The highest BCUT2D eigenvalue weighted by molar-refractivity contribution is 8.14. The Labute approximate surface area is 84.3 Å². The molecule has 76 valence electrons. The lowest BCUT2D eigenvalue weighted by Gasteiger charge is -2.12. The summed E-state index contributed by atoms with van der Waals surface area (Å²) in [5.74, 6) is 0. The molecule has 0 aromatic heterocycles. The van der Waals surface area contributed by atoms with Crippen LogP contribution in [0, 0.1) is 0 Å². The van der Waals surface area contributed by atoms with Gasteiger partial charge in [-0.2, -0.15) is 0 Å². The fraction of sp³-hybridized carbons (Fsp3) is 0.889. The highest BCUT2D eigenvalue weighted by Crippen LogP contribution is 2.18. The number of hydrogen-bond donors (Lipinski definition) is 1. The van der Waals surface area contributed by atoms with E-state index in [1.807, 2.05) is 18.7 Å². The van der Waals surface area contributed by atoms with Crippen molar-refractivity contribution in [2.45, 2.75) is 32.1 Å². The van der Waals surface area contributed by atoms with Crippen LogP contribution in [0.1, 0.15) is 20.8 Å². The SMILES string of the molecule is CCOC(C)CNC1=NCC(C)S1. The fourth-order valence-corrected chi connectivity index (χ4v) is 1.99. The zero-order valence-corrected chi connectivity index (χ0v) is 9.36. The summed E-state index contributed by atoms with van der Waals surface area (Å²) in [4.78, 5) is 4.36. The van der Waals surface area contributed by atoms with Crippen LogP contribution < -0.4 is 5.32 Å². The predicted molar refractivity (Wildman–Crippen MR) is 58.4 cm³/mol. The van der Waals surface area contributed by atoms with Gasteiger partial charge in [-0.05, 0) is 13.8 Å². The first-order valence-electron chi connectivity index (χ1n) is 4.79. The van der Waals surface area contributed by atoms with Gasteiger partial charge in [0.1, 0.15) is 0 Å². The van der Waals surface area contributed by atoms with E-state index in [-0.39, 0.29) is 6.10 Å². The number of thioether (sulfide) groups is 1. The Hall–Kier alpha value is -0.220. The van der Waals surface area contributed by atoms with Crippen molar-refractivity contribution in [3.63, 3.8) is 0 Å². The Morgan fingerprint density at radius 2 is 2.54 bits per heavy atom. The summed E-state index contributed by atoms with van der Waals surface area (Å²) < 4.78 is 5.40. The molecule has 4 heteroatoms. The lowest BCUT2D eigenvalue weighted by atomic mass is 10.4. The minimum Gasteiger partial charge on any atom is -0.377 e. The van der Waals surface area contributed by atoms with E-state index in [1.54, 1.807) is 0 Å². The number of nitrogens with zero attached hydrogens (tertiary/aromatic N) is 1. The van der Waals surface area contributed by atoms with E-state index in [2.05, 4.69) is 24.2 Å². The monoisotopic (exact) mass is 202 g/mol. The van der Waals surface area contributed by atoms with E-state index >= 15 is 0 Å². The molecule has 2 atom stereocenters. The topological polar surface area (TPSA) is 33.6 Å². The van der Waals surface area contributed by atoms with Crippen LogP contribution in [0.15, 0.2) is 4.99 Å². The third-order valence-electron chi connectivity index (χ3n) is 1.80. The summed E-state index contributed by atoms with van der Waals surface area (Å²) in [7, 11) is 0. The Kier molecular flexibility index (Phi) is 4.59. The van der Waals surface area contributed by atoms with Gasteiger partial charge in [0.05, 0.1) is 12.6 Å². The molecule has 1 heterocycles. The molecule has 1 aliphatic rings. The fourth-order valence-electron chi connectivity index (χ4n) is 1.15. The molecule has 3 nitrogen and oxygen atoms in total. The predicted octanol–water partition coefficient (Wildman–Crippen LogP) is 1.49. The lowest BCUT2D eigenvalue weighted by Crippen LogP contribution is -2.29. The van der Waals surface area contributed by atoms with Crippen molar-refractivity contribution < 1.29 is 4.74 Å². The van der Waals surface area contributed by atoms with Gasteiger partial charge >= 0.3 is 0 Å². The maximum Gasteiger partial charge on any atom is 0.157 e. The summed E-state index contributed by atoms with van der Waals surface area (Å²) in [5.41, 5.74) is 0. The number of ether oxygens (including phenoxy) is 1. The number of aliphatic imine (C=N–C) groups is 1. The molecule has 0 saturated carbocycles. The molecule has 0 amide bonds. The minimum absolute atomic E-state index is 0.268. The van der Waals surface area contributed by atoms with Gasteiger partial charge in [-0.3, -0.25) is 4.99 Å². The average Bonchev–Trinajstić information content (AvgIpc) is 2.49. The molecular weight excluding hydrogens is 184 g/mol. The van der Waals surface area contributed by atoms with Gasteiger partial charge in [0.25, 0.3) is 0 Å². The van der Waals surface area contributed by atoms with E-state index in [4.69, 9.17) is 4.74 Å². The number of hydrogen-bond acceptors (Lipinski definition) is 4. The highest BCUT2D eigenvalue weighted by Gasteiger charge is 2.14. The third-order valence-corrected chi connectivity index (χ3v) is 2.84. The Balaban J connectivity index is 2.12. The maximum atomic E-state index is 5.40. The largest absolute Gasteiger partial charge is 0.377 e. The van der Waals surface area contributed by atoms with Gasteiger partial charge in [0.15, 0.2) is 5.17 Å². The second-order valence-electron chi connectivity index (χ2n) is 3.22. The maximum absolute atomic E-state index is 5.40. The van der Waals surface area contributed by atoms with Crippen molar-refractivity contribution in [2.75, 3.05) is 19.7 Å². The summed E-state index contributed by atoms with van der Waals surface area (Å²) in [6.45, 7) is 8.84. The Morgan fingerprint density at radius 3 is 3.08 bits per heavy atom. The number of amidine groups is 1. The van der Waals surface area contributed by atoms with Crippen molar-refractivity contribution in [3.8, 4) is 0 Å². The van der Waals surface area contributed by atoms with E-state index in [0.717, 1.165) is 24.9 Å². The smallest absolute Gasteiger partial charge is 0.157 e. The van der Waals surface area contributed by atoms with Crippen LogP contribution in [0.25, 0.3) is 0 Å². The van der Waals surface area contributed by atoms with E-state index in [9.17, 15) is 0 Å². The van der Waals surface area contributed by atoms with E-state index in [0.29, 0.717) is 5.25 Å². The summed E-state index contributed by atoms with van der Waals surface area (Å²) in [5, 5.41) is 4.98. The molecule has 13 heavy (non-hydrogen) atoms. The van der Waals surface area contributed by atoms with E-state index in [1.165, 1.54) is 0 Å². The van der Waals surface area contributed by atoms with E-state index < -0.39 is 0 Å². The first-order valence-corrected chi connectivity index (χ1v) is 5.67. The molecule has 0 aromatic rings. The molecule has 1 N–H and O–H groups in total. The second kappa shape index (κ2) is 5.50. The van der Waals surface area contributed by atoms with Gasteiger partial charge in [-0.25, -0.2) is 0 Å². The number of rotatable bonds is 4. The minimum atomic E-state index is 0.268. The molecular formula is C9H18N2OS. The summed E-state index contributed by atoms with van der Waals surface area (Å²) >= 11 is 1.81. The van der Waals surface area contributed by atoms with Crippen LogP contribution in [0.2, 0.25) is 0 Å². The quantitative estimate of drug-likeness (QED) is 0.750. The Morgan fingerprint density at radius 1 is 1.77 bits per heavy atom. The van der Waals surface area contributed by atoms with Crippen LogP contribution in [-0.2, 0) is 4.74 Å². The van der Waals surface area contributed by atoms with Crippen molar-refractivity contribution in [3.05, 3.63) is 0 Å². The first kappa shape index (κ1) is 10.9.